The molecule has 2 nitrogen and oxygen atoms in total. The van der Waals surface area contributed by atoms with Crippen molar-refractivity contribution < 1.29 is 4.74 Å². The second kappa shape index (κ2) is 7.51. The van der Waals surface area contributed by atoms with Crippen LogP contribution in [0.25, 0.3) is 12.2 Å². The van der Waals surface area contributed by atoms with Crippen molar-refractivity contribution in [2.24, 2.45) is 0 Å². The molecular weight excluding hydrogens is 246 g/mol. The summed E-state index contributed by atoms with van der Waals surface area (Å²) in [5.41, 5.74) is 2.30. The lowest BCUT2D eigenvalue weighted by atomic mass is 10.1. The van der Waals surface area contributed by atoms with E-state index in [2.05, 4.69) is 35.3 Å². The van der Waals surface area contributed by atoms with E-state index in [1.165, 1.54) is 5.56 Å². The van der Waals surface area contributed by atoms with Crippen LogP contribution in [0.1, 0.15) is 11.1 Å². The minimum atomic E-state index is 0.698. The molecule has 2 aromatic carbocycles. The van der Waals surface area contributed by atoms with E-state index in [1.54, 1.807) is 0 Å². The summed E-state index contributed by atoms with van der Waals surface area (Å²) in [4.78, 5) is 2.11. The van der Waals surface area contributed by atoms with Crippen LogP contribution in [0.4, 0.5) is 0 Å². The Morgan fingerprint density at radius 1 is 0.900 bits per heavy atom. The van der Waals surface area contributed by atoms with Crippen molar-refractivity contribution in [3.63, 3.8) is 0 Å². The maximum Gasteiger partial charge on any atom is 0.126 e. The molecular formula is C18H21NO. The third kappa shape index (κ3) is 4.56. The van der Waals surface area contributed by atoms with Crippen molar-refractivity contribution >= 4 is 12.2 Å². The molecule has 2 aromatic rings. The van der Waals surface area contributed by atoms with E-state index in [0.29, 0.717) is 6.61 Å². The van der Waals surface area contributed by atoms with E-state index in [-0.39, 0.29) is 0 Å². The van der Waals surface area contributed by atoms with Gasteiger partial charge in [-0.2, -0.15) is 0 Å². The van der Waals surface area contributed by atoms with E-state index in [1.807, 2.05) is 50.5 Å². The zero-order chi connectivity index (χ0) is 14.2. The molecule has 0 N–H and O–H groups in total. The number of para-hydroxylation sites is 1. The predicted octanol–water partition coefficient (Wildman–Crippen LogP) is 3.80. The van der Waals surface area contributed by atoms with Crippen LogP contribution in [-0.4, -0.2) is 32.1 Å². The predicted molar refractivity (Wildman–Crippen MR) is 85.9 cm³/mol. The van der Waals surface area contributed by atoms with Crippen LogP contribution in [0, 0.1) is 0 Å². The first-order valence-corrected chi connectivity index (χ1v) is 6.85. The molecule has 0 spiro atoms. The Bertz CT molecular complexity index is 546. The van der Waals surface area contributed by atoms with Crippen LogP contribution in [-0.2, 0) is 0 Å². The Morgan fingerprint density at radius 3 is 2.35 bits per heavy atom. The minimum absolute atomic E-state index is 0.698. The van der Waals surface area contributed by atoms with E-state index < -0.39 is 0 Å². The van der Waals surface area contributed by atoms with Crippen molar-refractivity contribution in [1.29, 1.82) is 0 Å². The molecule has 0 radical (unpaired) electrons. The van der Waals surface area contributed by atoms with Crippen LogP contribution in [0.5, 0.6) is 5.75 Å². The molecule has 0 saturated carbocycles. The van der Waals surface area contributed by atoms with Crippen LogP contribution < -0.4 is 4.74 Å². The molecule has 0 aliphatic carbocycles. The molecule has 0 bridgehead atoms. The summed E-state index contributed by atoms with van der Waals surface area (Å²) in [6.07, 6.45) is 4.20. The first-order chi connectivity index (χ1) is 9.75. The van der Waals surface area contributed by atoms with Gasteiger partial charge in [0.2, 0.25) is 0 Å². The van der Waals surface area contributed by atoms with Gasteiger partial charge in [0.05, 0.1) is 0 Å². The lowest BCUT2D eigenvalue weighted by Crippen LogP contribution is -2.19. The van der Waals surface area contributed by atoms with Gasteiger partial charge in [0.25, 0.3) is 0 Å². The normalized spacial score (nSPS) is 11.2. The first-order valence-electron chi connectivity index (χ1n) is 6.85. The maximum absolute atomic E-state index is 5.84. The Labute approximate surface area is 121 Å². The van der Waals surface area contributed by atoms with Gasteiger partial charge in [-0.05, 0) is 25.7 Å². The van der Waals surface area contributed by atoms with Gasteiger partial charge in [0.15, 0.2) is 0 Å². The Hall–Kier alpha value is -2.06. The summed E-state index contributed by atoms with van der Waals surface area (Å²) in [6.45, 7) is 1.61. The smallest absolute Gasteiger partial charge is 0.126 e. The third-order valence-electron chi connectivity index (χ3n) is 2.97. The molecule has 0 aliphatic rings. The van der Waals surface area contributed by atoms with Crippen LogP contribution in [0.15, 0.2) is 54.6 Å². The van der Waals surface area contributed by atoms with Crippen molar-refractivity contribution in [2.45, 2.75) is 0 Å². The van der Waals surface area contributed by atoms with Gasteiger partial charge in [-0.1, -0.05) is 60.7 Å². The molecule has 104 valence electrons. The number of nitrogens with zero attached hydrogens (tertiary/aromatic N) is 1. The zero-order valence-electron chi connectivity index (χ0n) is 12.1. The Balaban J connectivity index is 2.06. The van der Waals surface area contributed by atoms with Crippen molar-refractivity contribution in [1.82, 2.24) is 4.90 Å². The SMILES string of the molecule is CN(C)CCOc1ccccc1C=Cc1ccccc1. The summed E-state index contributed by atoms with van der Waals surface area (Å²) in [7, 11) is 4.09. The van der Waals surface area contributed by atoms with Crippen LogP contribution in [0.3, 0.4) is 0 Å². The average molecular weight is 267 g/mol. The fourth-order valence-electron chi connectivity index (χ4n) is 1.84. The molecule has 0 fully saturated rings. The van der Waals surface area contributed by atoms with Gasteiger partial charge in [0.1, 0.15) is 12.4 Å². The molecule has 2 heteroatoms. The molecule has 0 unspecified atom stereocenters. The highest BCUT2D eigenvalue weighted by atomic mass is 16.5. The number of hydrogen-bond acceptors (Lipinski definition) is 2. The first kappa shape index (κ1) is 14.4. The molecule has 2 rings (SSSR count). The number of hydrogen-bond donors (Lipinski definition) is 0. The highest BCUT2D eigenvalue weighted by Gasteiger charge is 2.00. The summed E-state index contributed by atoms with van der Waals surface area (Å²) < 4.78 is 5.84. The molecule has 0 saturated heterocycles. The second-order valence-electron chi connectivity index (χ2n) is 4.93. The largest absolute Gasteiger partial charge is 0.492 e. The summed E-state index contributed by atoms with van der Waals surface area (Å²) in [5.74, 6) is 0.932. The molecule has 0 amide bonds. The number of likely N-dealkylation sites (N-methyl/N-ethyl adjacent to an activating group) is 1. The lowest BCUT2D eigenvalue weighted by molar-refractivity contribution is 0.261. The van der Waals surface area contributed by atoms with E-state index in [0.717, 1.165) is 17.9 Å². The van der Waals surface area contributed by atoms with Gasteiger partial charge < -0.3 is 9.64 Å². The topological polar surface area (TPSA) is 12.5 Å². The highest BCUT2D eigenvalue weighted by molar-refractivity contribution is 5.72. The van der Waals surface area contributed by atoms with Gasteiger partial charge in [-0.25, -0.2) is 0 Å². The standard InChI is InChI=1S/C18H21NO/c1-19(2)14-15-20-18-11-7-6-10-17(18)13-12-16-8-4-3-5-9-16/h3-13H,14-15H2,1-2H3. The molecule has 0 atom stereocenters. The summed E-state index contributed by atoms with van der Waals surface area (Å²) in [6, 6.07) is 18.4. The molecule has 0 aromatic heterocycles. The fourth-order valence-corrected chi connectivity index (χ4v) is 1.84. The van der Waals surface area contributed by atoms with Crippen LogP contribution >= 0.6 is 0 Å². The number of rotatable bonds is 6. The van der Waals surface area contributed by atoms with E-state index in [9.17, 15) is 0 Å². The molecule has 0 heterocycles. The minimum Gasteiger partial charge on any atom is -0.492 e. The second-order valence-corrected chi connectivity index (χ2v) is 4.93. The Kier molecular flexibility index (Phi) is 5.39. The number of ether oxygens (including phenoxy) is 1. The Morgan fingerprint density at radius 2 is 1.60 bits per heavy atom. The molecule has 20 heavy (non-hydrogen) atoms. The quantitative estimate of drug-likeness (QED) is 0.738. The van der Waals surface area contributed by atoms with Gasteiger partial charge in [-0.3, -0.25) is 0 Å². The van der Waals surface area contributed by atoms with Crippen molar-refractivity contribution in [3.05, 3.63) is 65.7 Å². The number of benzene rings is 2. The van der Waals surface area contributed by atoms with Gasteiger partial charge >= 0.3 is 0 Å². The summed E-state index contributed by atoms with van der Waals surface area (Å²) in [5, 5.41) is 0. The summed E-state index contributed by atoms with van der Waals surface area (Å²) >= 11 is 0. The highest BCUT2D eigenvalue weighted by Crippen LogP contribution is 2.20. The zero-order valence-corrected chi connectivity index (χ0v) is 12.1. The van der Waals surface area contributed by atoms with Gasteiger partial charge in [0, 0.05) is 12.1 Å². The van der Waals surface area contributed by atoms with Crippen molar-refractivity contribution in [3.8, 4) is 5.75 Å². The van der Waals surface area contributed by atoms with E-state index in [4.69, 9.17) is 4.74 Å². The average Bonchev–Trinajstić information content (AvgIpc) is 2.47. The maximum atomic E-state index is 5.84. The monoisotopic (exact) mass is 267 g/mol. The van der Waals surface area contributed by atoms with Gasteiger partial charge in [-0.15, -0.1) is 0 Å². The molecule has 0 aliphatic heterocycles. The lowest BCUT2D eigenvalue weighted by Gasteiger charge is -2.12. The van der Waals surface area contributed by atoms with Crippen LogP contribution in [0.2, 0.25) is 0 Å². The van der Waals surface area contributed by atoms with Crippen molar-refractivity contribution in [2.75, 3.05) is 27.2 Å². The van der Waals surface area contributed by atoms with E-state index >= 15 is 0 Å². The third-order valence-corrected chi connectivity index (χ3v) is 2.97. The fraction of sp³-hybridized carbons (Fsp3) is 0.222.